The summed E-state index contributed by atoms with van der Waals surface area (Å²) in [7, 11) is -0.669. The highest BCUT2D eigenvalue weighted by Gasteiger charge is 2.52. The summed E-state index contributed by atoms with van der Waals surface area (Å²) in [4.78, 5) is 0. The quantitative estimate of drug-likeness (QED) is 0.581. The Morgan fingerprint density at radius 2 is 1.44 bits per heavy atom. The monoisotopic (exact) mass is 450 g/mol. The zero-order chi connectivity index (χ0) is 22.8. The highest BCUT2D eigenvalue weighted by Crippen LogP contribution is 2.37. The smallest absolute Gasteiger partial charge is 0.399 e. The molecule has 8 heteroatoms. The van der Waals surface area contributed by atoms with Crippen LogP contribution >= 0.6 is 0 Å². The standard InChI is InChI=1S/C24H36BFO6/c1-23(2)24(3,4)32-25(31-23)19-12-11-17(15-29-20-9-5-7-13-27-20)22(26)18(19)16-30-21-10-6-8-14-28-21/h11-12,20-21H,5-10,13-16H2,1-4H3. The lowest BCUT2D eigenvalue weighted by Gasteiger charge is -2.32. The van der Waals surface area contributed by atoms with Gasteiger partial charge >= 0.3 is 7.12 Å². The van der Waals surface area contributed by atoms with E-state index in [1.165, 1.54) is 0 Å². The van der Waals surface area contributed by atoms with Gasteiger partial charge in [-0.05, 0) is 71.7 Å². The van der Waals surface area contributed by atoms with Crippen LogP contribution in [0.15, 0.2) is 12.1 Å². The first kappa shape index (κ1) is 24.1. The van der Waals surface area contributed by atoms with E-state index in [9.17, 15) is 0 Å². The summed E-state index contributed by atoms with van der Waals surface area (Å²) in [6, 6.07) is 3.62. The van der Waals surface area contributed by atoms with Crippen LogP contribution in [0.3, 0.4) is 0 Å². The van der Waals surface area contributed by atoms with Crippen LogP contribution in [-0.4, -0.2) is 44.1 Å². The van der Waals surface area contributed by atoms with Gasteiger partial charge in [0.1, 0.15) is 5.82 Å². The predicted molar refractivity (Wildman–Crippen MR) is 119 cm³/mol. The number of benzene rings is 1. The molecule has 1 aromatic carbocycles. The van der Waals surface area contributed by atoms with Gasteiger partial charge in [-0.3, -0.25) is 0 Å². The van der Waals surface area contributed by atoms with E-state index in [0.29, 0.717) is 29.8 Å². The zero-order valence-electron chi connectivity index (χ0n) is 19.8. The second kappa shape index (κ2) is 10.1. The molecule has 178 valence electrons. The molecule has 0 aliphatic carbocycles. The Labute approximate surface area is 191 Å². The van der Waals surface area contributed by atoms with Crippen molar-refractivity contribution in [1.29, 1.82) is 0 Å². The molecule has 0 aromatic heterocycles. The van der Waals surface area contributed by atoms with Crippen LogP contribution in [0, 0.1) is 5.82 Å². The molecule has 3 aliphatic heterocycles. The predicted octanol–water partition coefficient (Wildman–Crippen LogP) is 4.21. The molecule has 3 fully saturated rings. The van der Waals surface area contributed by atoms with Crippen molar-refractivity contribution in [2.75, 3.05) is 13.2 Å². The van der Waals surface area contributed by atoms with Crippen molar-refractivity contribution in [1.82, 2.24) is 0 Å². The number of hydrogen-bond acceptors (Lipinski definition) is 6. The summed E-state index contributed by atoms with van der Waals surface area (Å²) in [5, 5.41) is 0. The Balaban J connectivity index is 1.54. The molecule has 32 heavy (non-hydrogen) atoms. The van der Waals surface area contributed by atoms with Crippen LogP contribution < -0.4 is 5.46 Å². The van der Waals surface area contributed by atoms with Crippen molar-refractivity contribution in [2.45, 2.75) is 103 Å². The molecule has 0 spiro atoms. The van der Waals surface area contributed by atoms with Gasteiger partial charge < -0.3 is 28.3 Å². The van der Waals surface area contributed by atoms with Gasteiger partial charge in [0.15, 0.2) is 12.6 Å². The van der Waals surface area contributed by atoms with Crippen LogP contribution in [-0.2, 0) is 41.5 Å². The molecule has 0 bridgehead atoms. The van der Waals surface area contributed by atoms with E-state index < -0.39 is 18.3 Å². The van der Waals surface area contributed by atoms with Crippen molar-refractivity contribution < 1.29 is 32.6 Å². The molecule has 3 saturated heterocycles. The Morgan fingerprint density at radius 3 is 1.97 bits per heavy atom. The maximum absolute atomic E-state index is 15.7. The number of hydrogen-bond donors (Lipinski definition) is 0. The molecule has 2 atom stereocenters. The van der Waals surface area contributed by atoms with Gasteiger partial charge in [0.25, 0.3) is 0 Å². The van der Waals surface area contributed by atoms with E-state index in [0.717, 1.165) is 38.5 Å². The first-order valence-electron chi connectivity index (χ1n) is 11.9. The van der Waals surface area contributed by atoms with Gasteiger partial charge in [-0.15, -0.1) is 0 Å². The van der Waals surface area contributed by atoms with Crippen LogP contribution in [0.2, 0.25) is 0 Å². The van der Waals surface area contributed by atoms with Crippen molar-refractivity contribution in [2.24, 2.45) is 0 Å². The van der Waals surface area contributed by atoms with Crippen LogP contribution in [0.4, 0.5) is 4.39 Å². The third-order valence-corrected chi connectivity index (χ3v) is 6.98. The lowest BCUT2D eigenvalue weighted by Crippen LogP contribution is -2.41. The Morgan fingerprint density at radius 1 is 0.875 bits per heavy atom. The van der Waals surface area contributed by atoms with Crippen molar-refractivity contribution in [3.63, 3.8) is 0 Å². The molecular formula is C24H36BFO6. The minimum Gasteiger partial charge on any atom is -0.399 e. The first-order valence-corrected chi connectivity index (χ1v) is 11.9. The molecule has 0 N–H and O–H groups in total. The molecule has 4 rings (SSSR count). The van der Waals surface area contributed by atoms with E-state index >= 15 is 4.39 Å². The topological polar surface area (TPSA) is 55.4 Å². The van der Waals surface area contributed by atoms with Crippen LogP contribution in [0.25, 0.3) is 0 Å². The molecule has 3 aliphatic rings. The average molecular weight is 450 g/mol. The molecule has 6 nitrogen and oxygen atoms in total. The third-order valence-electron chi connectivity index (χ3n) is 6.98. The van der Waals surface area contributed by atoms with E-state index in [-0.39, 0.29) is 31.6 Å². The lowest BCUT2D eigenvalue weighted by atomic mass is 9.75. The lowest BCUT2D eigenvalue weighted by molar-refractivity contribution is -0.170. The number of ether oxygens (including phenoxy) is 4. The second-order valence-electron chi connectivity index (χ2n) is 9.91. The molecule has 1 aromatic rings. The fourth-order valence-corrected chi connectivity index (χ4v) is 4.18. The van der Waals surface area contributed by atoms with Gasteiger partial charge in [-0.2, -0.15) is 0 Å². The van der Waals surface area contributed by atoms with E-state index in [1.807, 2.05) is 33.8 Å². The summed E-state index contributed by atoms with van der Waals surface area (Å²) in [5.74, 6) is -0.344. The largest absolute Gasteiger partial charge is 0.495 e. The number of halogens is 1. The molecule has 0 radical (unpaired) electrons. The zero-order valence-corrected chi connectivity index (χ0v) is 19.8. The van der Waals surface area contributed by atoms with Gasteiger partial charge in [-0.1, -0.05) is 12.1 Å². The van der Waals surface area contributed by atoms with E-state index in [4.69, 9.17) is 28.3 Å². The van der Waals surface area contributed by atoms with Gasteiger partial charge in [0.05, 0.1) is 24.4 Å². The minimum atomic E-state index is -0.669. The number of rotatable bonds is 7. The normalized spacial score (nSPS) is 27.6. The van der Waals surface area contributed by atoms with Gasteiger partial charge in [0, 0.05) is 24.3 Å². The van der Waals surface area contributed by atoms with Crippen LogP contribution in [0.1, 0.15) is 77.3 Å². The maximum Gasteiger partial charge on any atom is 0.495 e. The molecule has 2 unspecified atom stereocenters. The summed E-state index contributed by atoms with van der Waals surface area (Å²) in [5.41, 5.74) is 0.526. The van der Waals surface area contributed by atoms with Gasteiger partial charge in [0.2, 0.25) is 0 Å². The van der Waals surface area contributed by atoms with Crippen molar-refractivity contribution in [3.8, 4) is 0 Å². The Kier molecular flexibility index (Phi) is 7.59. The third kappa shape index (κ3) is 5.37. The summed E-state index contributed by atoms with van der Waals surface area (Å²) >= 11 is 0. The highest BCUT2D eigenvalue weighted by molar-refractivity contribution is 6.62. The van der Waals surface area contributed by atoms with Gasteiger partial charge in [-0.25, -0.2) is 4.39 Å². The average Bonchev–Trinajstić information content (AvgIpc) is 3.00. The molecule has 0 saturated carbocycles. The maximum atomic E-state index is 15.7. The van der Waals surface area contributed by atoms with Crippen molar-refractivity contribution in [3.05, 3.63) is 29.1 Å². The Hall–Kier alpha value is -1.03. The summed E-state index contributed by atoms with van der Waals surface area (Å²) < 4.78 is 51.2. The van der Waals surface area contributed by atoms with Crippen molar-refractivity contribution >= 4 is 12.6 Å². The summed E-state index contributed by atoms with van der Waals surface area (Å²) in [6.07, 6.45) is 5.25. The van der Waals surface area contributed by atoms with E-state index in [2.05, 4.69) is 0 Å². The SMILES string of the molecule is CC1(C)OB(c2ccc(COC3CCCCO3)c(F)c2COC2CCCCO2)OC1(C)C. The summed E-state index contributed by atoms with van der Waals surface area (Å²) in [6.45, 7) is 9.55. The fourth-order valence-electron chi connectivity index (χ4n) is 4.18. The Bertz CT molecular complexity index is 758. The highest BCUT2D eigenvalue weighted by atomic mass is 19.1. The first-order chi connectivity index (χ1) is 15.3. The van der Waals surface area contributed by atoms with Crippen LogP contribution in [0.5, 0.6) is 0 Å². The second-order valence-corrected chi connectivity index (χ2v) is 9.91. The molecule has 0 amide bonds. The molecular weight excluding hydrogens is 414 g/mol. The van der Waals surface area contributed by atoms with E-state index in [1.54, 1.807) is 6.07 Å². The minimum absolute atomic E-state index is 0.0870. The molecule has 3 heterocycles. The fraction of sp³-hybridized carbons (Fsp3) is 0.750.